The summed E-state index contributed by atoms with van der Waals surface area (Å²) >= 11 is 0. The van der Waals surface area contributed by atoms with Crippen molar-refractivity contribution in [3.8, 4) is 0 Å². The largest absolute Gasteiger partial charge is 0.372 e. The predicted octanol–water partition coefficient (Wildman–Crippen LogP) is 0.749. The maximum Gasteiger partial charge on any atom is 0.271 e. The van der Waals surface area contributed by atoms with Gasteiger partial charge in [0.15, 0.2) is 0 Å². The Morgan fingerprint density at radius 3 is 2.88 bits per heavy atom. The van der Waals surface area contributed by atoms with Crippen molar-refractivity contribution in [1.29, 1.82) is 0 Å². The molecule has 8 heteroatoms. The predicted molar refractivity (Wildman–Crippen MR) is 90.0 cm³/mol. The lowest BCUT2D eigenvalue weighted by Gasteiger charge is -2.17. The summed E-state index contributed by atoms with van der Waals surface area (Å²) in [5.74, 6) is 0.458. The van der Waals surface area contributed by atoms with E-state index in [1.807, 2.05) is 0 Å². The minimum Gasteiger partial charge on any atom is -0.372 e. The van der Waals surface area contributed by atoms with Crippen LogP contribution in [0.2, 0.25) is 0 Å². The minimum absolute atomic E-state index is 0.192. The third kappa shape index (κ3) is 3.53. The molecule has 0 spiro atoms. The summed E-state index contributed by atoms with van der Waals surface area (Å²) in [6, 6.07) is 3.20. The number of carbonyl (C=O) groups excluding carboxylic acids is 2. The first-order valence-corrected chi connectivity index (χ1v) is 8.06. The number of aromatic nitrogens is 3. The highest BCUT2D eigenvalue weighted by atomic mass is 16.5. The van der Waals surface area contributed by atoms with Crippen LogP contribution in [0.5, 0.6) is 0 Å². The third-order valence-electron chi connectivity index (χ3n) is 4.10. The molecule has 0 saturated carbocycles. The molecule has 132 valence electrons. The molecule has 0 radical (unpaired) electrons. The number of ether oxygens (including phenoxy) is 1. The summed E-state index contributed by atoms with van der Waals surface area (Å²) in [4.78, 5) is 34.4. The number of hydrogen-bond donors (Lipinski definition) is 1. The maximum atomic E-state index is 12.4. The molecule has 3 rings (SSSR count). The lowest BCUT2D eigenvalue weighted by Crippen LogP contribution is -2.28. The molecular weight excluding hydrogens is 322 g/mol. The third-order valence-corrected chi connectivity index (χ3v) is 4.10. The van der Waals surface area contributed by atoms with Gasteiger partial charge in [0.25, 0.3) is 11.8 Å². The second-order valence-electron chi connectivity index (χ2n) is 6.08. The molecule has 0 aliphatic carbocycles. The first-order chi connectivity index (χ1) is 12.0. The molecule has 2 aromatic rings. The zero-order valence-electron chi connectivity index (χ0n) is 14.6. The van der Waals surface area contributed by atoms with Crippen molar-refractivity contribution >= 4 is 11.8 Å². The summed E-state index contributed by atoms with van der Waals surface area (Å²) in [5, 5.41) is 2.89. The molecule has 0 bridgehead atoms. The molecule has 2 amide bonds. The van der Waals surface area contributed by atoms with Gasteiger partial charge in [0.05, 0.1) is 36.3 Å². The van der Waals surface area contributed by atoms with Crippen LogP contribution in [-0.2, 0) is 24.4 Å². The molecule has 1 aliphatic heterocycles. The van der Waals surface area contributed by atoms with Gasteiger partial charge < -0.3 is 19.5 Å². The van der Waals surface area contributed by atoms with E-state index in [-0.39, 0.29) is 11.8 Å². The molecular formula is C17H21N5O3. The zero-order valence-corrected chi connectivity index (χ0v) is 14.6. The summed E-state index contributed by atoms with van der Waals surface area (Å²) in [6.07, 6.45) is 1.76. The molecule has 0 atom stereocenters. The number of pyridine rings is 1. The van der Waals surface area contributed by atoms with E-state index >= 15 is 0 Å². The summed E-state index contributed by atoms with van der Waals surface area (Å²) in [5.41, 5.74) is 2.24. The van der Waals surface area contributed by atoms with Crippen LogP contribution < -0.4 is 5.32 Å². The van der Waals surface area contributed by atoms with Gasteiger partial charge in [-0.2, -0.15) is 0 Å². The molecule has 1 aliphatic rings. The number of hydrogen-bond acceptors (Lipinski definition) is 5. The number of imidazole rings is 1. The Morgan fingerprint density at radius 1 is 1.36 bits per heavy atom. The number of aryl methyl sites for hydroxylation is 1. The minimum atomic E-state index is -0.225. The second-order valence-corrected chi connectivity index (χ2v) is 6.08. The monoisotopic (exact) mass is 343 g/mol. The van der Waals surface area contributed by atoms with Gasteiger partial charge in [-0.25, -0.2) is 9.97 Å². The van der Waals surface area contributed by atoms with Gasteiger partial charge in [0.2, 0.25) is 0 Å². The van der Waals surface area contributed by atoms with Crippen molar-refractivity contribution in [2.24, 2.45) is 0 Å². The molecule has 0 unspecified atom stereocenters. The number of fused-ring (bicyclic) bond motifs is 1. The van der Waals surface area contributed by atoms with Gasteiger partial charge in [-0.05, 0) is 19.1 Å². The highest BCUT2D eigenvalue weighted by molar-refractivity contribution is 5.97. The van der Waals surface area contributed by atoms with Crippen molar-refractivity contribution < 1.29 is 14.3 Å². The Kier molecular flexibility index (Phi) is 4.80. The van der Waals surface area contributed by atoms with Gasteiger partial charge in [-0.3, -0.25) is 9.59 Å². The number of amides is 2. The summed E-state index contributed by atoms with van der Waals surface area (Å²) < 4.78 is 7.42. The van der Waals surface area contributed by atoms with Crippen molar-refractivity contribution in [1.82, 2.24) is 24.8 Å². The fourth-order valence-corrected chi connectivity index (χ4v) is 2.72. The normalized spacial score (nSPS) is 13.2. The van der Waals surface area contributed by atoms with Gasteiger partial charge >= 0.3 is 0 Å². The SMILES string of the molecule is Cc1nc(C(=O)N(C)C)ccc1C(=O)NCc1cnc2n1CCOC2. The lowest BCUT2D eigenvalue weighted by atomic mass is 10.1. The van der Waals surface area contributed by atoms with E-state index in [1.54, 1.807) is 39.3 Å². The Bertz CT molecular complexity index is 813. The van der Waals surface area contributed by atoms with E-state index in [2.05, 4.69) is 19.9 Å². The average Bonchev–Trinajstić information content (AvgIpc) is 3.02. The first-order valence-electron chi connectivity index (χ1n) is 8.06. The van der Waals surface area contributed by atoms with E-state index < -0.39 is 0 Å². The van der Waals surface area contributed by atoms with Crippen LogP contribution >= 0.6 is 0 Å². The number of nitrogens with one attached hydrogen (secondary N) is 1. The van der Waals surface area contributed by atoms with Crippen LogP contribution in [0, 0.1) is 6.92 Å². The van der Waals surface area contributed by atoms with Gasteiger partial charge in [-0.1, -0.05) is 0 Å². The van der Waals surface area contributed by atoms with Gasteiger partial charge in [-0.15, -0.1) is 0 Å². The Balaban J connectivity index is 1.69. The molecule has 1 N–H and O–H groups in total. The average molecular weight is 343 g/mol. The molecule has 3 heterocycles. The quantitative estimate of drug-likeness (QED) is 0.885. The van der Waals surface area contributed by atoms with E-state index in [4.69, 9.17) is 4.74 Å². The highest BCUT2D eigenvalue weighted by Crippen LogP contribution is 2.12. The van der Waals surface area contributed by atoms with Gasteiger partial charge in [0, 0.05) is 20.6 Å². The number of rotatable bonds is 4. The fraction of sp³-hybridized carbons (Fsp3) is 0.412. The zero-order chi connectivity index (χ0) is 18.0. The first kappa shape index (κ1) is 17.1. The van der Waals surface area contributed by atoms with Crippen LogP contribution in [0.25, 0.3) is 0 Å². The lowest BCUT2D eigenvalue weighted by molar-refractivity contribution is 0.0802. The molecule has 0 saturated heterocycles. The van der Waals surface area contributed by atoms with Crippen LogP contribution in [0.4, 0.5) is 0 Å². The summed E-state index contributed by atoms with van der Waals surface area (Å²) in [7, 11) is 3.33. The van der Waals surface area contributed by atoms with Crippen LogP contribution in [-0.4, -0.2) is 52.0 Å². The van der Waals surface area contributed by atoms with E-state index in [1.165, 1.54) is 4.90 Å². The number of carbonyl (C=O) groups is 2. The van der Waals surface area contributed by atoms with E-state index in [0.29, 0.717) is 36.7 Å². The smallest absolute Gasteiger partial charge is 0.271 e. The molecule has 25 heavy (non-hydrogen) atoms. The molecule has 0 aromatic carbocycles. The Morgan fingerprint density at radius 2 is 2.16 bits per heavy atom. The standard InChI is InChI=1S/C17H21N5O3/c1-11-13(4-5-14(20-11)17(24)21(2)3)16(23)19-9-12-8-18-15-10-25-7-6-22(12)15/h4-5,8H,6-7,9-10H2,1-3H3,(H,19,23). The van der Waals surface area contributed by atoms with Crippen molar-refractivity contribution in [2.45, 2.75) is 26.6 Å². The number of nitrogens with zero attached hydrogens (tertiary/aromatic N) is 4. The van der Waals surface area contributed by atoms with Crippen molar-refractivity contribution in [3.63, 3.8) is 0 Å². The topological polar surface area (TPSA) is 89.4 Å². The van der Waals surface area contributed by atoms with Gasteiger partial charge in [0.1, 0.15) is 18.1 Å². The van der Waals surface area contributed by atoms with Crippen LogP contribution in [0.1, 0.15) is 38.1 Å². The maximum absolute atomic E-state index is 12.4. The van der Waals surface area contributed by atoms with Crippen LogP contribution in [0.15, 0.2) is 18.3 Å². The molecule has 8 nitrogen and oxygen atoms in total. The van der Waals surface area contributed by atoms with E-state index in [0.717, 1.165) is 18.1 Å². The van der Waals surface area contributed by atoms with E-state index in [9.17, 15) is 9.59 Å². The summed E-state index contributed by atoms with van der Waals surface area (Å²) in [6.45, 7) is 3.98. The highest BCUT2D eigenvalue weighted by Gasteiger charge is 2.17. The van der Waals surface area contributed by atoms with Crippen molar-refractivity contribution in [2.75, 3.05) is 20.7 Å². The van der Waals surface area contributed by atoms with Crippen molar-refractivity contribution in [3.05, 3.63) is 46.8 Å². The Hall–Kier alpha value is -2.74. The fourth-order valence-electron chi connectivity index (χ4n) is 2.72. The second kappa shape index (κ2) is 7.02. The molecule has 2 aromatic heterocycles. The Labute approximate surface area is 145 Å². The van der Waals surface area contributed by atoms with Crippen LogP contribution in [0.3, 0.4) is 0 Å². The molecule has 0 fully saturated rings.